The van der Waals surface area contributed by atoms with Crippen LogP contribution in [0, 0.1) is 10.1 Å². The van der Waals surface area contributed by atoms with Gasteiger partial charge in [-0.25, -0.2) is 5.43 Å². The number of nitrogens with zero attached hydrogens (tertiary/aromatic N) is 3. The first kappa shape index (κ1) is 18.6. The molecular weight excluding hydrogens is 393 g/mol. The molecular formula is C17H11Cl2N5O3. The first-order valence-corrected chi connectivity index (χ1v) is 8.28. The molecule has 0 bridgehead atoms. The highest BCUT2D eigenvalue weighted by atomic mass is 35.5. The van der Waals surface area contributed by atoms with Gasteiger partial charge in [0.1, 0.15) is 5.69 Å². The molecule has 0 unspecified atom stereocenters. The second-order valence-corrected chi connectivity index (χ2v) is 6.18. The molecule has 1 heterocycles. The maximum Gasteiger partial charge on any atom is 0.289 e. The Bertz CT molecular complexity index is 1050. The van der Waals surface area contributed by atoms with Crippen LogP contribution >= 0.6 is 23.2 Å². The van der Waals surface area contributed by atoms with Crippen molar-refractivity contribution in [1.82, 2.24) is 15.6 Å². The number of nitro groups is 1. The van der Waals surface area contributed by atoms with Crippen molar-refractivity contribution in [3.63, 3.8) is 0 Å². The minimum Gasteiger partial charge on any atom is -0.272 e. The van der Waals surface area contributed by atoms with Crippen molar-refractivity contribution in [3.05, 3.63) is 79.9 Å². The van der Waals surface area contributed by atoms with Crippen molar-refractivity contribution >= 4 is 41.0 Å². The maximum absolute atomic E-state index is 12.1. The fourth-order valence-electron chi connectivity index (χ4n) is 2.19. The van der Waals surface area contributed by atoms with Crippen LogP contribution in [0.15, 0.2) is 53.6 Å². The zero-order valence-corrected chi connectivity index (χ0v) is 15.0. The van der Waals surface area contributed by atoms with Crippen molar-refractivity contribution in [2.75, 3.05) is 0 Å². The number of rotatable bonds is 5. The van der Waals surface area contributed by atoms with Crippen LogP contribution in [0.25, 0.3) is 11.3 Å². The molecule has 0 spiro atoms. The van der Waals surface area contributed by atoms with Crippen molar-refractivity contribution in [2.45, 2.75) is 0 Å². The fraction of sp³-hybridized carbons (Fsp3) is 0. The summed E-state index contributed by atoms with van der Waals surface area (Å²) in [5.74, 6) is -0.527. The molecule has 0 saturated carbocycles. The van der Waals surface area contributed by atoms with E-state index in [4.69, 9.17) is 23.2 Å². The molecule has 2 N–H and O–H groups in total. The lowest BCUT2D eigenvalue weighted by atomic mass is 10.1. The normalized spacial score (nSPS) is 10.9. The van der Waals surface area contributed by atoms with Gasteiger partial charge in [0.15, 0.2) is 0 Å². The molecule has 3 aromatic rings. The van der Waals surface area contributed by atoms with E-state index in [-0.39, 0.29) is 11.4 Å². The number of carbonyl (C=O) groups excluding carboxylic acids is 1. The second-order valence-electron chi connectivity index (χ2n) is 5.34. The first-order valence-electron chi connectivity index (χ1n) is 7.53. The summed E-state index contributed by atoms with van der Waals surface area (Å²) in [7, 11) is 0. The average Bonchev–Trinajstić information content (AvgIpc) is 3.14. The van der Waals surface area contributed by atoms with Gasteiger partial charge >= 0.3 is 0 Å². The minimum absolute atomic E-state index is 0.0639. The lowest BCUT2D eigenvalue weighted by Gasteiger charge is -1.99. The van der Waals surface area contributed by atoms with E-state index < -0.39 is 10.8 Å². The quantitative estimate of drug-likeness (QED) is 0.379. The van der Waals surface area contributed by atoms with Crippen LogP contribution in [0.1, 0.15) is 16.1 Å². The average molecular weight is 404 g/mol. The van der Waals surface area contributed by atoms with E-state index in [1.165, 1.54) is 24.4 Å². The molecule has 2 aromatic carbocycles. The van der Waals surface area contributed by atoms with Crippen molar-refractivity contribution in [3.8, 4) is 11.3 Å². The Balaban J connectivity index is 1.71. The van der Waals surface area contributed by atoms with E-state index in [9.17, 15) is 14.9 Å². The number of nitro benzene ring substituents is 1. The number of hydrazone groups is 1. The summed E-state index contributed by atoms with van der Waals surface area (Å²) in [5, 5.41) is 22.2. The van der Waals surface area contributed by atoms with E-state index >= 15 is 0 Å². The molecule has 1 aromatic heterocycles. The Labute approximate surface area is 163 Å². The molecule has 0 aliphatic heterocycles. The number of H-pyrrole nitrogens is 1. The van der Waals surface area contributed by atoms with Gasteiger partial charge in [0, 0.05) is 28.3 Å². The fourth-order valence-corrected chi connectivity index (χ4v) is 2.65. The third-order valence-electron chi connectivity index (χ3n) is 3.51. The topological polar surface area (TPSA) is 113 Å². The predicted octanol–water partition coefficient (Wildman–Crippen LogP) is 4.06. The number of benzene rings is 2. The number of non-ortho nitro benzene ring substituents is 1. The van der Waals surface area contributed by atoms with Gasteiger partial charge in [0.25, 0.3) is 11.6 Å². The minimum atomic E-state index is -0.527. The summed E-state index contributed by atoms with van der Waals surface area (Å²) >= 11 is 11.8. The number of aromatic nitrogens is 2. The van der Waals surface area contributed by atoms with Crippen LogP contribution in [-0.4, -0.2) is 27.2 Å². The van der Waals surface area contributed by atoms with Crippen LogP contribution in [0.5, 0.6) is 0 Å². The van der Waals surface area contributed by atoms with Crippen molar-refractivity contribution in [1.29, 1.82) is 0 Å². The Morgan fingerprint density at radius 3 is 2.78 bits per heavy atom. The number of nitrogens with one attached hydrogen (secondary N) is 2. The van der Waals surface area contributed by atoms with E-state index in [1.807, 2.05) is 0 Å². The summed E-state index contributed by atoms with van der Waals surface area (Å²) in [6.07, 6.45) is 1.38. The lowest BCUT2D eigenvalue weighted by Crippen LogP contribution is -2.18. The number of hydrogen-bond donors (Lipinski definition) is 2. The molecule has 0 saturated heterocycles. The molecule has 3 rings (SSSR count). The maximum atomic E-state index is 12.1. The highest BCUT2D eigenvalue weighted by molar-refractivity contribution is 6.36. The lowest BCUT2D eigenvalue weighted by molar-refractivity contribution is -0.384. The van der Waals surface area contributed by atoms with E-state index in [2.05, 4.69) is 20.7 Å². The number of hydrogen-bond acceptors (Lipinski definition) is 5. The van der Waals surface area contributed by atoms with Crippen LogP contribution < -0.4 is 5.43 Å². The monoisotopic (exact) mass is 403 g/mol. The molecule has 0 atom stereocenters. The number of carbonyl (C=O) groups is 1. The van der Waals surface area contributed by atoms with Gasteiger partial charge in [-0.2, -0.15) is 10.2 Å². The van der Waals surface area contributed by atoms with E-state index in [1.54, 1.807) is 30.3 Å². The van der Waals surface area contributed by atoms with Gasteiger partial charge in [0.05, 0.1) is 21.9 Å². The van der Waals surface area contributed by atoms with Gasteiger partial charge in [-0.05, 0) is 18.2 Å². The molecule has 10 heteroatoms. The third-order valence-corrected chi connectivity index (χ3v) is 4.07. The standard InChI is InChI=1S/C17H11Cl2N5O3/c18-12-5-4-11(14(19)7-12)9-20-23-17(25)16-8-15(21-22-16)10-2-1-3-13(6-10)24(26)27/h1-9H,(H,21,22)(H,23,25)/b20-9+. The first-order chi connectivity index (χ1) is 12.9. The van der Waals surface area contributed by atoms with Gasteiger partial charge in [-0.1, -0.05) is 41.4 Å². The predicted molar refractivity (Wildman–Crippen MR) is 102 cm³/mol. The smallest absolute Gasteiger partial charge is 0.272 e. The molecule has 0 aliphatic carbocycles. The van der Waals surface area contributed by atoms with Gasteiger partial charge in [-0.15, -0.1) is 0 Å². The molecule has 136 valence electrons. The highest BCUT2D eigenvalue weighted by Crippen LogP contribution is 2.22. The number of aromatic amines is 1. The second kappa shape index (κ2) is 7.98. The number of halogens is 2. The number of amides is 1. The highest BCUT2D eigenvalue weighted by Gasteiger charge is 2.13. The summed E-state index contributed by atoms with van der Waals surface area (Å²) in [6.45, 7) is 0. The van der Waals surface area contributed by atoms with Crippen LogP contribution in [0.3, 0.4) is 0 Å². The zero-order chi connectivity index (χ0) is 19.4. The van der Waals surface area contributed by atoms with Crippen molar-refractivity contribution < 1.29 is 9.72 Å². The molecule has 0 fully saturated rings. The SMILES string of the molecule is O=C(N/N=C/c1ccc(Cl)cc1Cl)c1cc(-c2cccc([N+](=O)[O-])c2)n[nH]1. The third kappa shape index (κ3) is 4.49. The molecule has 0 aliphatic rings. The Morgan fingerprint density at radius 2 is 2.04 bits per heavy atom. The molecule has 27 heavy (non-hydrogen) atoms. The molecule has 8 nitrogen and oxygen atoms in total. The van der Waals surface area contributed by atoms with E-state index in [0.29, 0.717) is 26.9 Å². The van der Waals surface area contributed by atoms with Crippen LogP contribution in [0.4, 0.5) is 5.69 Å². The van der Waals surface area contributed by atoms with E-state index in [0.717, 1.165) is 0 Å². The molecule has 0 radical (unpaired) electrons. The Morgan fingerprint density at radius 1 is 1.22 bits per heavy atom. The van der Waals surface area contributed by atoms with Gasteiger partial charge in [-0.3, -0.25) is 20.0 Å². The Kier molecular flexibility index (Phi) is 5.49. The van der Waals surface area contributed by atoms with Crippen molar-refractivity contribution in [2.24, 2.45) is 5.10 Å². The largest absolute Gasteiger partial charge is 0.289 e. The Hall–Kier alpha value is -3.23. The molecule has 1 amide bonds. The zero-order valence-electron chi connectivity index (χ0n) is 13.5. The van der Waals surface area contributed by atoms with Gasteiger partial charge in [0.2, 0.25) is 0 Å². The van der Waals surface area contributed by atoms with Crippen LogP contribution in [0.2, 0.25) is 10.0 Å². The summed E-state index contributed by atoms with van der Waals surface area (Å²) in [5.41, 5.74) is 3.92. The summed E-state index contributed by atoms with van der Waals surface area (Å²) < 4.78 is 0. The summed E-state index contributed by atoms with van der Waals surface area (Å²) in [4.78, 5) is 22.5. The summed E-state index contributed by atoms with van der Waals surface area (Å²) in [6, 6.07) is 12.3. The van der Waals surface area contributed by atoms with Crippen LogP contribution in [-0.2, 0) is 0 Å². The van der Waals surface area contributed by atoms with Gasteiger partial charge < -0.3 is 0 Å².